The number of nitrogens with one attached hydrogen (secondary N) is 1. The average Bonchev–Trinajstić information content (AvgIpc) is 3.22. The number of carbonyl (C=O) groups excluding carboxylic acids is 1. The lowest BCUT2D eigenvalue weighted by Gasteiger charge is -2.17. The van der Waals surface area contributed by atoms with Crippen LogP contribution in [-0.4, -0.2) is 42.9 Å². The quantitative estimate of drug-likeness (QED) is 0.299. The number of carbonyl (C=O) groups is 2. The molecule has 1 saturated heterocycles. The summed E-state index contributed by atoms with van der Waals surface area (Å²) < 4.78 is 6.84. The Morgan fingerprint density at radius 2 is 1.93 bits per heavy atom. The molecule has 0 atom stereocenters. The Bertz CT molecular complexity index is 928. The summed E-state index contributed by atoms with van der Waals surface area (Å²) in [4.78, 5) is 25.4. The summed E-state index contributed by atoms with van der Waals surface area (Å²) >= 11 is 5.49. The number of amides is 1. The fourth-order valence-electron chi connectivity index (χ4n) is 2.99. The Hall–Kier alpha value is -2.14. The van der Waals surface area contributed by atoms with E-state index in [1.165, 1.54) is 19.1 Å². The van der Waals surface area contributed by atoms with E-state index in [2.05, 4.69) is 53.9 Å². The molecule has 152 valence electrons. The zero-order valence-corrected chi connectivity index (χ0v) is 19.1. The van der Waals surface area contributed by atoms with E-state index in [0.29, 0.717) is 21.3 Å². The van der Waals surface area contributed by atoms with Crippen LogP contribution < -0.4 is 15.1 Å². The molecule has 7 nitrogen and oxygen atoms in total. The monoisotopic (exact) mass is 571 g/mol. The Balaban J connectivity index is 1.67. The molecule has 0 unspecified atom stereocenters. The van der Waals surface area contributed by atoms with Crippen LogP contribution in [0.25, 0.3) is 0 Å². The third-order valence-electron chi connectivity index (χ3n) is 4.35. The van der Waals surface area contributed by atoms with Crippen molar-refractivity contribution >= 4 is 62.3 Å². The zero-order valence-electron chi connectivity index (χ0n) is 15.4. The number of benzene rings is 2. The third kappa shape index (κ3) is 5.92. The third-order valence-corrected chi connectivity index (χ3v) is 5.56. The minimum Gasteiger partial charge on any atom is -0.480 e. The molecular weight excluding hydrogens is 553 g/mol. The van der Waals surface area contributed by atoms with Gasteiger partial charge in [-0.05, 0) is 87.8 Å². The number of anilines is 1. The van der Waals surface area contributed by atoms with Crippen molar-refractivity contribution in [3.05, 3.63) is 55.6 Å². The molecule has 0 aliphatic carbocycles. The van der Waals surface area contributed by atoms with Gasteiger partial charge in [0, 0.05) is 33.5 Å². The Labute approximate surface area is 190 Å². The van der Waals surface area contributed by atoms with Gasteiger partial charge in [0.25, 0.3) is 5.91 Å². The molecule has 1 aliphatic heterocycles. The fraction of sp³-hybridized carbons (Fsp3) is 0.250. The topological polar surface area (TPSA) is 91.2 Å². The lowest BCUT2D eigenvalue weighted by molar-refractivity contribution is -0.139. The zero-order chi connectivity index (χ0) is 20.8. The maximum absolute atomic E-state index is 12.3. The smallest absolute Gasteiger partial charge is 0.341 e. The van der Waals surface area contributed by atoms with Crippen molar-refractivity contribution in [1.82, 2.24) is 5.43 Å². The number of hydrogen-bond acceptors (Lipinski definition) is 5. The van der Waals surface area contributed by atoms with Crippen LogP contribution in [0.15, 0.2) is 46.0 Å². The second-order valence-corrected chi connectivity index (χ2v) is 8.53. The minimum atomic E-state index is -1.08. The normalized spacial score (nSPS) is 13.7. The highest BCUT2D eigenvalue weighted by Gasteiger charge is 2.13. The van der Waals surface area contributed by atoms with E-state index in [4.69, 9.17) is 9.84 Å². The second-order valence-electron chi connectivity index (χ2n) is 6.43. The van der Waals surface area contributed by atoms with Crippen LogP contribution in [0.4, 0.5) is 5.69 Å². The van der Waals surface area contributed by atoms with E-state index in [9.17, 15) is 9.59 Å². The van der Waals surface area contributed by atoms with Crippen molar-refractivity contribution in [3.8, 4) is 5.75 Å². The summed E-state index contributed by atoms with van der Waals surface area (Å²) in [5.41, 5.74) is 4.67. The van der Waals surface area contributed by atoms with Crippen molar-refractivity contribution in [2.75, 3.05) is 24.6 Å². The van der Waals surface area contributed by atoms with Gasteiger partial charge in [0.2, 0.25) is 0 Å². The maximum atomic E-state index is 12.3. The van der Waals surface area contributed by atoms with Crippen molar-refractivity contribution in [2.24, 2.45) is 5.10 Å². The van der Waals surface area contributed by atoms with Gasteiger partial charge in [0.15, 0.2) is 6.61 Å². The van der Waals surface area contributed by atoms with Gasteiger partial charge in [-0.25, -0.2) is 10.2 Å². The first-order valence-corrected chi connectivity index (χ1v) is 10.8. The molecule has 1 aliphatic rings. The highest BCUT2D eigenvalue weighted by atomic mass is 127. The largest absolute Gasteiger partial charge is 0.480 e. The number of carboxylic acids is 1. The van der Waals surface area contributed by atoms with Crippen molar-refractivity contribution < 1.29 is 19.4 Å². The van der Waals surface area contributed by atoms with Crippen LogP contribution in [-0.2, 0) is 4.79 Å². The Kier molecular flexibility index (Phi) is 7.48. The lowest BCUT2D eigenvalue weighted by atomic mass is 10.2. The van der Waals surface area contributed by atoms with Gasteiger partial charge in [-0.1, -0.05) is 0 Å². The van der Waals surface area contributed by atoms with Gasteiger partial charge in [-0.3, -0.25) is 4.79 Å². The van der Waals surface area contributed by atoms with E-state index in [1.54, 1.807) is 24.3 Å². The van der Waals surface area contributed by atoms with E-state index in [0.717, 1.165) is 22.3 Å². The van der Waals surface area contributed by atoms with Gasteiger partial charge in [0.05, 0.1) is 10.7 Å². The number of ether oxygens (including phenoxy) is 1. The molecule has 2 aromatic carbocycles. The van der Waals surface area contributed by atoms with E-state index < -0.39 is 12.6 Å². The van der Waals surface area contributed by atoms with Crippen molar-refractivity contribution in [3.63, 3.8) is 0 Å². The number of nitrogens with zero attached hydrogens (tertiary/aromatic N) is 2. The molecule has 1 fully saturated rings. The van der Waals surface area contributed by atoms with Crippen LogP contribution in [0.2, 0.25) is 0 Å². The van der Waals surface area contributed by atoms with Gasteiger partial charge >= 0.3 is 5.97 Å². The van der Waals surface area contributed by atoms with Crippen LogP contribution in [0, 0.1) is 3.57 Å². The SMILES string of the molecule is O=C(O)COc1c(Br)cc(I)cc1/C=N\NC(=O)c1ccc(N2CCCC2)cc1. The van der Waals surface area contributed by atoms with E-state index >= 15 is 0 Å². The predicted octanol–water partition coefficient (Wildman–Crippen LogP) is 3.88. The van der Waals surface area contributed by atoms with Gasteiger partial charge in [0.1, 0.15) is 5.75 Å². The molecule has 0 saturated carbocycles. The first-order valence-electron chi connectivity index (χ1n) is 8.96. The number of rotatable bonds is 7. The fourth-order valence-corrected chi connectivity index (χ4v) is 4.65. The number of carboxylic acid groups (broad SMARTS) is 1. The number of halogens is 2. The molecule has 1 amide bonds. The Morgan fingerprint density at radius 1 is 1.24 bits per heavy atom. The summed E-state index contributed by atoms with van der Waals surface area (Å²) in [5, 5.41) is 12.8. The molecule has 0 radical (unpaired) electrons. The van der Waals surface area contributed by atoms with Crippen LogP contribution in [0.3, 0.4) is 0 Å². The molecule has 2 aromatic rings. The second kappa shape index (κ2) is 10.1. The highest BCUT2D eigenvalue weighted by molar-refractivity contribution is 14.1. The molecule has 0 aromatic heterocycles. The van der Waals surface area contributed by atoms with Gasteiger partial charge in [-0.2, -0.15) is 5.10 Å². The van der Waals surface area contributed by atoms with Crippen LogP contribution in [0.5, 0.6) is 5.75 Å². The molecule has 1 heterocycles. The van der Waals surface area contributed by atoms with E-state index in [-0.39, 0.29) is 5.91 Å². The highest BCUT2D eigenvalue weighted by Crippen LogP contribution is 2.30. The summed E-state index contributed by atoms with van der Waals surface area (Å²) in [6.07, 6.45) is 3.83. The van der Waals surface area contributed by atoms with Crippen LogP contribution in [0.1, 0.15) is 28.8 Å². The van der Waals surface area contributed by atoms with E-state index in [1.807, 2.05) is 12.1 Å². The molecule has 2 N–H and O–H groups in total. The predicted molar refractivity (Wildman–Crippen MR) is 123 cm³/mol. The molecule has 0 bridgehead atoms. The number of aliphatic carboxylic acids is 1. The summed E-state index contributed by atoms with van der Waals surface area (Å²) in [5.74, 6) is -1.06. The molecule has 29 heavy (non-hydrogen) atoms. The first kappa shape index (κ1) is 21.6. The first-order chi connectivity index (χ1) is 13.9. The average molecular weight is 572 g/mol. The van der Waals surface area contributed by atoms with Gasteiger partial charge in [-0.15, -0.1) is 0 Å². The Morgan fingerprint density at radius 3 is 2.59 bits per heavy atom. The molecule has 0 spiro atoms. The molecule has 3 rings (SSSR count). The molecule has 9 heteroatoms. The summed E-state index contributed by atoms with van der Waals surface area (Å²) in [7, 11) is 0. The van der Waals surface area contributed by atoms with Gasteiger partial charge < -0.3 is 14.7 Å². The number of hydrogen-bond donors (Lipinski definition) is 2. The summed E-state index contributed by atoms with van der Waals surface area (Å²) in [6, 6.07) is 11.0. The van der Waals surface area contributed by atoms with Crippen molar-refractivity contribution in [2.45, 2.75) is 12.8 Å². The maximum Gasteiger partial charge on any atom is 0.341 e. The lowest BCUT2D eigenvalue weighted by Crippen LogP contribution is -2.19. The van der Waals surface area contributed by atoms with Crippen LogP contribution >= 0.6 is 38.5 Å². The standard InChI is InChI=1S/C20H19BrIN3O4/c21-17-10-15(22)9-14(19(17)29-12-18(26)27)11-23-24-20(28)13-3-5-16(6-4-13)25-7-1-2-8-25/h3-6,9-11H,1-2,7-8,12H2,(H,24,28)(H,26,27)/b23-11-. The minimum absolute atomic E-state index is 0.327. The molecular formula is C20H19BrIN3O4. The van der Waals surface area contributed by atoms with Crippen molar-refractivity contribution in [1.29, 1.82) is 0 Å². The summed E-state index contributed by atoms with van der Waals surface area (Å²) in [6.45, 7) is 1.62. The number of hydrazone groups is 1.